The SMILES string of the molecule is CCN(CC)C(=O)C(c1ccccc1)N1CCC(C(C)O)C1. The minimum Gasteiger partial charge on any atom is -0.393 e. The maximum Gasteiger partial charge on any atom is 0.244 e. The van der Waals surface area contributed by atoms with Crippen LogP contribution in [0.2, 0.25) is 0 Å². The third-order valence-electron chi connectivity index (χ3n) is 4.73. The quantitative estimate of drug-likeness (QED) is 0.877. The summed E-state index contributed by atoms with van der Waals surface area (Å²) in [6, 6.07) is 9.78. The Labute approximate surface area is 133 Å². The normalized spacial score (nSPS) is 21.5. The highest BCUT2D eigenvalue weighted by Gasteiger charge is 2.36. The summed E-state index contributed by atoms with van der Waals surface area (Å²) < 4.78 is 0. The third-order valence-corrected chi connectivity index (χ3v) is 4.73. The van der Waals surface area contributed by atoms with Gasteiger partial charge in [-0.1, -0.05) is 30.3 Å². The molecule has 4 heteroatoms. The van der Waals surface area contributed by atoms with E-state index in [0.717, 1.165) is 38.2 Å². The van der Waals surface area contributed by atoms with Crippen LogP contribution in [0.25, 0.3) is 0 Å². The van der Waals surface area contributed by atoms with Crippen LogP contribution < -0.4 is 0 Å². The van der Waals surface area contributed by atoms with Crippen LogP contribution in [0.5, 0.6) is 0 Å². The van der Waals surface area contributed by atoms with Crippen LogP contribution in [0, 0.1) is 5.92 Å². The van der Waals surface area contributed by atoms with Crippen LogP contribution in [0.15, 0.2) is 30.3 Å². The number of rotatable bonds is 6. The zero-order valence-electron chi connectivity index (χ0n) is 13.9. The summed E-state index contributed by atoms with van der Waals surface area (Å²) >= 11 is 0. The van der Waals surface area contributed by atoms with Crippen LogP contribution in [0.3, 0.4) is 0 Å². The molecule has 0 radical (unpaired) electrons. The van der Waals surface area contributed by atoms with Crippen LogP contribution >= 0.6 is 0 Å². The van der Waals surface area contributed by atoms with E-state index in [0.29, 0.717) is 0 Å². The Hall–Kier alpha value is -1.39. The van der Waals surface area contributed by atoms with Crippen LogP contribution in [-0.2, 0) is 4.79 Å². The van der Waals surface area contributed by atoms with Gasteiger partial charge in [0.05, 0.1) is 6.10 Å². The van der Waals surface area contributed by atoms with Crippen LogP contribution in [-0.4, -0.2) is 53.1 Å². The van der Waals surface area contributed by atoms with E-state index >= 15 is 0 Å². The molecule has 1 aliphatic heterocycles. The molecule has 1 aromatic rings. The van der Waals surface area contributed by atoms with E-state index in [2.05, 4.69) is 4.90 Å². The van der Waals surface area contributed by atoms with E-state index in [1.807, 2.05) is 56.0 Å². The van der Waals surface area contributed by atoms with Crippen molar-refractivity contribution in [2.45, 2.75) is 39.3 Å². The summed E-state index contributed by atoms with van der Waals surface area (Å²) in [5.74, 6) is 0.429. The third kappa shape index (κ3) is 3.68. The molecule has 22 heavy (non-hydrogen) atoms. The van der Waals surface area contributed by atoms with Gasteiger partial charge in [-0.05, 0) is 45.2 Å². The highest BCUT2D eigenvalue weighted by atomic mass is 16.3. The van der Waals surface area contributed by atoms with E-state index in [1.54, 1.807) is 0 Å². The summed E-state index contributed by atoms with van der Waals surface area (Å²) in [7, 11) is 0. The molecule has 3 atom stereocenters. The van der Waals surface area contributed by atoms with Gasteiger partial charge in [0, 0.05) is 19.6 Å². The first kappa shape index (κ1) is 17.0. The van der Waals surface area contributed by atoms with Gasteiger partial charge in [0.25, 0.3) is 0 Å². The number of carbonyl (C=O) groups excluding carboxylic acids is 1. The molecule has 122 valence electrons. The number of aliphatic hydroxyl groups excluding tert-OH is 1. The van der Waals surface area contributed by atoms with Crippen molar-refractivity contribution in [3.63, 3.8) is 0 Å². The van der Waals surface area contributed by atoms with Gasteiger partial charge in [-0.15, -0.1) is 0 Å². The van der Waals surface area contributed by atoms with Crippen LogP contribution in [0.4, 0.5) is 0 Å². The molecule has 1 saturated heterocycles. The molecule has 0 saturated carbocycles. The summed E-state index contributed by atoms with van der Waals surface area (Å²) in [6.45, 7) is 8.99. The fourth-order valence-electron chi connectivity index (χ4n) is 3.30. The molecule has 0 spiro atoms. The number of nitrogens with zero attached hydrogens (tertiary/aromatic N) is 2. The molecule has 1 aliphatic rings. The minimum absolute atomic E-state index is 0.169. The lowest BCUT2D eigenvalue weighted by Crippen LogP contribution is -2.42. The van der Waals surface area contributed by atoms with Gasteiger partial charge >= 0.3 is 0 Å². The van der Waals surface area contributed by atoms with Gasteiger partial charge in [0.1, 0.15) is 6.04 Å². The first-order valence-corrected chi connectivity index (χ1v) is 8.34. The fraction of sp³-hybridized carbons (Fsp3) is 0.611. The molecule has 0 aliphatic carbocycles. The molecule has 0 aromatic heterocycles. The largest absolute Gasteiger partial charge is 0.393 e. The summed E-state index contributed by atoms with van der Waals surface area (Å²) in [5.41, 5.74) is 1.05. The number of hydrogen-bond acceptors (Lipinski definition) is 3. The Bertz CT molecular complexity index is 471. The molecular weight excluding hydrogens is 276 g/mol. The standard InChI is InChI=1S/C18H28N2O2/c1-4-19(5-2)18(22)17(15-9-7-6-8-10-15)20-12-11-16(13-20)14(3)21/h6-10,14,16-17,21H,4-5,11-13H2,1-3H3. The number of likely N-dealkylation sites (tertiary alicyclic amines) is 1. The van der Waals surface area contributed by atoms with Crippen LogP contribution in [0.1, 0.15) is 38.8 Å². The number of carbonyl (C=O) groups is 1. The molecule has 4 nitrogen and oxygen atoms in total. The van der Waals surface area contributed by atoms with Crippen molar-refractivity contribution in [3.8, 4) is 0 Å². The Morgan fingerprint density at radius 3 is 2.45 bits per heavy atom. The molecule has 3 unspecified atom stereocenters. The fourth-order valence-corrected chi connectivity index (χ4v) is 3.30. The average Bonchev–Trinajstić information content (AvgIpc) is 3.00. The highest BCUT2D eigenvalue weighted by molar-refractivity contribution is 5.83. The van der Waals surface area contributed by atoms with Gasteiger partial charge < -0.3 is 10.0 Å². The Kier molecular flexibility index (Phi) is 5.98. The van der Waals surface area contributed by atoms with E-state index < -0.39 is 0 Å². The maximum atomic E-state index is 13.0. The summed E-state index contributed by atoms with van der Waals surface area (Å²) in [4.78, 5) is 17.1. The second-order valence-electron chi connectivity index (χ2n) is 6.11. The van der Waals surface area contributed by atoms with Gasteiger partial charge in [-0.2, -0.15) is 0 Å². The molecule has 1 amide bonds. The Balaban J connectivity index is 2.25. The molecule has 1 N–H and O–H groups in total. The molecular formula is C18H28N2O2. The highest BCUT2D eigenvalue weighted by Crippen LogP contribution is 2.30. The number of hydrogen-bond donors (Lipinski definition) is 1. The van der Waals surface area contributed by atoms with Crippen molar-refractivity contribution in [1.82, 2.24) is 9.80 Å². The lowest BCUT2D eigenvalue weighted by molar-refractivity contribution is -0.136. The molecule has 1 fully saturated rings. The smallest absolute Gasteiger partial charge is 0.244 e. The zero-order valence-corrected chi connectivity index (χ0v) is 13.9. The molecule has 2 rings (SSSR count). The van der Waals surface area contributed by atoms with Crippen molar-refractivity contribution in [1.29, 1.82) is 0 Å². The van der Waals surface area contributed by atoms with Crippen molar-refractivity contribution >= 4 is 5.91 Å². The molecule has 1 heterocycles. The second kappa shape index (κ2) is 7.75. The maximum absolute atomic E-state index is 13.0. The zero-order chi connectivity index (χ0) is 16.1. The first-order chi connectivity index (χ1) is 10.6. The number of benzene rings is 1. The lowest BCUT2D eigenvalue weighted by Gasteiger charge is -2.32. The number of aliphatic hydroxyl groups is 1. The summed E-state index contributed by atoms with van der Waals surface area (Å²) in [6.07, 6.45) is 0.636. The molecule has 0 bridgehead atoms. The predicted molar refractivity (Wildman–Crippen MR) is 88.5 cm³/mol. The van der Waals surface area contributed by atoms with E-state index in [1.165, 1.54) is 0 Å². The predicted octanol–water partition coefficient (Wildman–Crippen LogP) is 2.30. The topological polar surface area (TPSA) is 43.8 Å². The van der Waals surface area contributed by atoms with Crippen molar-refractivity contribution in [2.75, 3.05) is 26.2 Å². The lowest BCUT2D eigenvalue weighted by atomic mass is 10.0. The average molecular weight is 304 g/mol. The second-order valence-corrected chi connectivity index (χ2v) is 6.11. The molecule has 1 aromatic carbocycles. The number of amides is 1. The number of likely N-dealkylation sites (N-methyl/N-ethyl adjacent to an activating group) is 1. The minimum atomic E-state index is -0.315. The monoisotopic (exact) mass is 304 g/mol. The van der Waals surface area contributed by atoms with Gasteiger partial charge in [0.2, 0.25) is 5.91 Å². The van der Waals surface area contributed by atoms with E-state index in [-0.39, 0.29) is 24.0 Å². The van der Waals surface area contributed by atoms with E-state index in [9.17, 15) is 9.90 Å². The van der Waals surface area contributed by atoms with Gasteiger partial charge in [0.15, 0.2) is 0 Å². The van der Waals surface area contributed by atoms with E-state index in [4.69, 9.17) is 0 Å². The Morgan fingerprint density at radius 1 is 1.32 bits per heavy atom. The first-order valence-electron chi connectivity index (χ1n) is 8.34. The van der Waals surface area contributed by atoms with Crippen molar-refractivity contribution in [3.05, 3.63) is 35.9 Å². The summed E-state index contributed by atoms with van der Waals surface area (Å²) in [5, 5.41) is 9.84. The van der Waals surface area contributed by atoms with Crippen molar-refractivity contribution in [2.24, 2.45) is 5.92 Å². The van der Waals surface area contributed by atoms with Crippen molar-refractivity contribution < 1.29 is 9.90 Å². The van der Waals surface area contributed by atoms with Gasteiger partial charge in [-0.3, -0.25) is 9.69 Å². The van der Waals surface area contributed by atoms with Gasteiger partial charge in [-0.25, -0.2) is 0 Å². The Morgan fingerprint density at radius 2 is 1.95 bits per heavy atom.